The Labute approximate surface area is 208 Å². The summed E-state index contributed by atoms with van der Waals surface area (Å²) in [6, 6.07) is 11.4. The average molecular weight is 493 g/mol. The van der Waals surface area contributed by atoms with Crippen molar-refractivity contribution in [1.29, 1.82) is 0 Å². The molecular weight excluding hydrogens is 464 g/mol. The molecule has 0 unspecified atom stereocenters. The van der Waals surface area contributed by atoms with Gasteiger partial charge in [0, 0.05) is 10.9 Å². The summed E-state index contributed by atoms with van der Waals surface area (Å²) in [5.41, 5.74) is 0.0428. The maximum atomic E-state index is 12.7. The van der Waals surface area contributed by atoms with E-state index in [0.717, 1.165) is 0 Å². The molecule has 0 saturated heterocycles. The molecule has 2 aromatic carbocycles. The van der Waals surface area contributed by atoms with Crippen molar-refractivity contribution in [3.05, 3.63) is 81.2 Å². The highest BCUT2D eigenvalue weighted by Gasteiger charge is 2.31. The van der Waals surface area contributed by atoms with Crippen LogP contribution < -0.4 is 10.4 Å². The summed E-state index contributed by atoms with van der Waals surface area (Å²) in [6.07, 6.45) is 3.06. The van der Waals surface area contributed by atoms with Crippen molar-refractivity contribution in [2.24, 2.45) is 0 Å². The molecule has 0 aliphatic rings. The second kappa shape index (κ2) is 11.0. The number of carbonyl (C=O) groups is 3. The fourth-order valence-corrected chi connectivity index (χ4v) is 3.48. The third-order valence-corrected chi connectivity index (χ3v) is 5.24. The van der Waals surface area contributed by atoms with E-state index in [1.807, 2.05) is 0 Å². The Bertz CT molecular complexity index is 1380. The highest BCUT2D eigenvalue weighted by atomic mass is 16.6. The number of hydrogen-bond acceptors (Lipinski definition) is 8. The lowest BCUT2D eigenvalue weighted by molar-refractivity contribution is -0.158. The molecule has 1 aromatic heterocycles. The second-order valence-electron chi connectivity index (χ2n) is 8.48. The zero-order chi connectivity index (χ0) is 26.5. The molecule has 36 heavy (non-hydrogen) atoms. The SMILES string of the molecule is CCOC(=O)c1cc2cc(/C=C/C(=O)c3ccc(OC(C)(C)C(=O)OCC)cc3)cc(C)c2oc1=O. The molecule has 0 spiro atoms. The van der Waals surface area contributed by atoms with Gasteiger partial charge in [-0.1, -0.05) is 6.08 Å². The van der Waals surface area contributed by atoms with Gasteiger partial charge in [0.05, 0.1) is 13.2 Å². The lowest BCUT2D eigenvalue weighted by Crippen LogP contribution is -2.39. The van der Waals surface area contributed by atoms with E-state index in [1.54, 1.807) is 77.1 Å². The molecule has 0 fully saturated rings. The summed E-state index contributed by atoms with van der Waals surface area (Å²) in [4.78, 5) is 48.9. The molecule has 188 valence electrons. The molecule has 0 bridgehead atoms. The fourth-order valence-electron chi connectivity index (χ4n) is 3.48. The van der Waals surface area contributed by atoms with Crippen molar-refractivity contribution in [3.63, 3.8) is 0 Å². The number of hydrogen-bond donors (Lipinski definition) is 0. The molecule has 0 radical (unpaired) electrons. The molecule has 0 atom stereocenters. The third-order valence-electron chi connectivity index (χ3n) is 5.24. The number of fused-ring (bicyclic) bond motifs is 1. The molecule has 1 heterocycles. The van der Waals surface area contributed by atoms with Crippen LogP contribution in [0.25, 0.3) is 17.0 Å². The first kappa shape index (κ1) is 26.4. The summed E-state index contributed by atoms with van der Waals surface area (Å²) in [5.74, 6) is -1.04. The second-order valence-corrected chi connectivity index (χ2v) is 8.48. The first-order valence-corrected chi connectivity index (χ1v) is 11.5. The number of ether oxygens (including phenoxy) is 3. The monoisotopic (exact) mass is 492 g/mol. The van der Waals surface area contributed by atoms with E-state index in [4.69, 9.17) is 18.6 Å². The van der Waals surface area contributed by atoms with Crippen LogP contribution in [0.4, 0.5) is 0 Å². The highest BCUT2D eigenvalue weighted by molar-refractivity contribution is 6.07. The van der Waals surface area contributed by atoms with Gasteiger partial charge in [-0.25, -0.2) is 14.4 Å². The number of aryl methyl sites for hydroxylation is 1. The van der Waals surface area contributed by atoms with Crippen molar-refractivity contribution in [2.75, 3.05) is 13.2 Å². The van der Waals surface area contributed by atoms with Gasteiger partial charge >= 0.3 is 17.6 Å². The number of esters is 2. The Morgan fingerprint density at radius 2 is 1.64 bits per heavy atom. The van der Waals surface area contributed by atoms with Crippen LogP contribution in [0.5, 0.6) is 5.75 Å². The molecule has 0 aliphatic heterocycles. The Morgan fingerprint density at radius 1 is 0.972 bits per heavy atom. The Kier molecular flexibility index (Phi) is 8.09. The summed E-state index contributed by atoms with van der Waals surface area (Å²) in [5, 5.41) is 0.537. The zero-order valence-corrected chi connectivity index (χ0v) is 20.9. The number of allylic oxidation sites excluding steroid dienone is 1. The lowest BCUT2D eigenvalue weighted by Gasteiger charge is -2.24. The van der Waals surface area contributed by atoms with Crippen LogP contribution in [-0.2, 0) is 14.3 Å². The minimum atomic E-state index is -1.17. The molecule has 8 nitrogen and oxygen atoms in total. The zero-order valence-electron chi connectivity index (χ0n) is 20.9. The third kappa shape index (κ3) is 6.07. The summed E-state index contributed by atoms with van der Waals surface area (Å²) < 4.78 is 21.0. The number of rotatable bonds is 9. The van der Waals surface area contributed by atoms with Crippen molar-refractivity contribution in [3.8, 4) is 5.75 Å². The van der Waals surface area contributed by atoms with Crippen molar-refractivity contribution < 1.29 is 33.0 Å². The van der Waals surface area contributed by atoms with E-state index in [1.165, 1.54) is 12.1 Å². The average Bonchev–Trinajstić information content (AvgIpc) is 2.83. The molecule has 3 aromatic rings. The van der Waals surface area contributed by atoms with E-state index < -0.39 is 23.2 Å². The topological polar surface area (TPSA) is 109 Å². The van der Waals surface area contributed by atoms with Gasteiger partial charge in [0.1, 0.15) is 16.9 Å². The smallest absolute Gasteiger partial charge is 0.351 e. The predicted octanol–water partition coefficient (Wildman–Crippen LogP) is 4.89. The van der Waals surface area contributed by atoms with Gasteiger partial charge in [0.25, 0.3) is 0 Å². The number of ketones is 1. The lowest BCUT2D eigenvalue weighted by atomic mass is 10.0. The van der Waals surface area contributed by atoms with Crippen LogP contribution in [0.15, 0.2) is 57.8 Å². The largest absolute Gasteiger partial charge is 0.476 e. The quantitative estimate of drug-likeness (QED) is 0.180. The Balaban J connectivity index is 1.79. The van der Waals surface area contributed by atoms with Gasteiger partial charge in [-0.3, -0.25) is 4.79 Å². The standard InChI is InChI=1S/C28H28O8/c1-6-33-25(30)22-16-20-15-18(14-17(3)24(20)35-26(22)31)8-13-23(29)19-9-11-21(12-10-19)36-28(4,5)27(32)34-7-2/h8-16H,6-7H2,1-5H3/b13-8+. The Morgan fingerprint density at radius 3 is 2.28 bits per heavy atom. The molecule has 8 heteroatoms. The van der Waals surface area contributed by atoms with Gasteiger partial charge in [0.2, 0.25) is 0 Å². The predicted molar refractivity (Wildman–Crippen MR) is 134 cm³/mol. The van der Waals surface area contributed by atoms with E-state index in [2.05, 4.69) is 0 Å². The maximum absolute atomic E-state index is 12.7. The van der Waals surface area contributed by atoms with Gasteiger partial charge in [-0.15, -0.1) is 0 Å². The Hall–Kier alpha value is -4.20. The number of carbonyl (C=O) groups excluding carboxylic acids is 3. The van der Waals surface area contributed by atoms with Crippen LogP contribution in [0.3, 0.4) is 0 Å². The van der Waals surface area contributed by atoms with E-state index in [9.17, 15) is 19.2 Å². The van der Waals surface area contributed by atoms with Gasteiger partial charge in [-0.05, 0) is 94.3 Å². The molecule has 0 N–H and O–H groups in total. The normalized spacial score (nSPS) is 11.5. The molecule has 0 aliphatic carbocycles. The van der Waals surface area contributed by atoms with Gasteiger partial charge in [-0.2, -0.15) is 0 Å². The molecule has 3 rings (SSSR count). The fraction of sp³-hybridized carbons (Fsp3) is 0.286. The maximum Gasteiger partial charge on any atom is 0.351 e. The van der Waals surface area contributed by atoms with E-state index in [0.29, 0.717) is 33.4 Å². The van der Waals surface area contributed by atoms with Gasteiger partial charge < -0.3 is 18.6 Å². The first-order valence-electron chi connectivity index (χ1n) is 11.5. The van der Waals surface area contributed by atoms with Crippen molar-refractivity contribution >= 4 is 34.8 Å². The molecule has 0 amide bonds. The van der Waals surface area contributed by atoms with Crippen molar-refractivity contribution in [1.82, 2.24) is 0 Å². The summed E-state index contributed by atoms with van der Waals surface area (Å²) >= 11 is 0. The van der Waals surface area contributed by atoms with Crippen LogP contribution >= 0.6 is 0 Å². The van der Waals surface area contributed by atoms with E-state index in [-0.39, 0.29) is 24.6 Å². The van der Waals surface area contributed by atoms with Crippen LogP contribution in [-0.4, -0.2) is 36.5 Å². The molecule has 0 saturated carbocycles. The van der Waals surface area contributed by atoms with Crippen molar-refractivity contribution in [2.45, 2.75) is 40.2 Å². The van der Waals surface area contributed by atoms with E-state index >= 15 is 0 Å². The van der Waals surface area contributed by atoms with Crippen LogP contribution in [0.1, 0.15) is 59.5 Å². The first-order chi connectivity index (χ1) is 17.1. The summed E-state index contributed by atoms with van der Waals surface area (Å²) in [6.45, 7) is 8.75. The highest BCUT2D eigenvalue weighted by Crippen LogP contribution is 2.23. The van der Waals surface area contributed by atoms with Crippen LogP contribution in [0, 0.1) is 6.92 Å². The van der Waals surface area contributed by atoms with Crippen LogP contribution in [0.2, 0.25) is 0 Å². The summed E-state index contributed by atoms with van der Waals surface area (Å²) in [7, 11) is 0. The molecular formula is C28H28O8. The minimum Gasteiger partial charge on any atom is -0.476 e. The minimum absolute atomic E-state index is 0.135. The number of benzene rings is 2. The van der Waals surface area contributed by atoms with Gasteiger partial charge in [0.15, 0.2) is 11.4 Å².